The number of likely N-dealkylation sites (tertiary alicyclic amines) is 1. The Balaban J connectivity index is 1.85. The Hall–Kier alpha value is -2.35. The lowest BCUT2D eigenvalue weighted by Crippen LogP contribution is -2.48. The van der Waals surface area contributed by atoms with Gasteiger partial charge in [-0.1, -0.05) is 0 Å². The number of piperidine rings is 1. The second-order valence-corrected chi connectivity index (χ2v) is 7.20. The van der Waals surface area contributed by atoms with Crippen LogP contribution in [0.5, 0.6) is 0 Å². The van der Waals surface area contributed by atoms with Crippen molar-refractivity contribution < 1.29 is 14.7 Å². The molecule has 0 aromatic carbocycles. The van der Waals surface area contributed by atoms with Gasteiger partial charge in [-0.25, -0.2) is 15.0 Å². The molecule has 0 aliphatic carbocycles. The summed E-state index contributed by atoms with van der Waals surface area (Å²) in [6, 6.07) is 1.72. The monoisotopic (exact) mass is 346 g/mol. The maximum absolute atomic E-state index is 12.8. The molecule has 0 spiro atoms. The molecular formula is C16H18N4O3S. The number of aliphatic carboxylic acids is 1. The van der Waals surface area contributed by atoms with Crippen LogP contribution >= 0.6 is 11.3 Å². The van der Waals surface area contributed by atoms with Crippen molar-refractivity contribution >= 4 is 23.2 Å². The lowest BCUT2D eigenvalue weighted by atomic mass is 9.82. The Morgan fingerprint density at radius 3 is 2.71 bits per heavy atom. The highest BCUT2D eigenvalue weighted by Gasteiger charge is 2.40. The minimum absolute atomic E-state index is 0.167. The molecule has 8 heteroatoms. The normalized spacial score (nSPS) is 20.8. The third kappa shape index (κ3) is 3.01. The maximum Gasteiger partial charge on any atom is 0.311 e. The van der Waals surface area contributed by atoms with E-state index < -0.39 is 11.4 Å². The summed E-state index contributed by atoms with van der Waals surface area (Å²) >= 11 is 1.25. The Morgan fingerprint density at radius 1 is 1.33 bits per heavy atom. The largest absolute Gasteiger partial charge is 0.481 e. The van der Waals surface area contributed by atoms with Crippen LogP contribution < -0.4 is 0 Å². The maximum atomic E-state index is 12.8. The van der Waals surface area contributed by atoms with Crippen LogP contribution in [0.25, 0.3) is 10.8 Å². The van der Waals surface area contributed by atoms with Gasteiger partial charge < -0.3 is 10.0 Å². The van der Waals surface area contributed by atoms with E-state index in [1.807, 2.05) is 0 Å². The van der Waals surface area contributed by atoms with E-state index in [0.29, 0.717) is 40.8 Å². The molecule has 126 valence electrons. The number of nitrogens with zero attached hydrogens (tertiary/aromatic N) is 4. The first-order chi connectivity index (χ1) is 11.4. The molecule has 2 aromatic rings. The van der Waals surface area contributed by atoms with E-state index in [2.05, 4.69) is 15.0 Å². The summed E-state index contributed by atoms with van der Waals surface area (Å²) in [7, 11) is 0. The molecule has 7 nitrogen and oxygen atoms in total. The number of aromatic nitrogens is 3. The predicted molar refractivity (Wildman–Crippen MR) is 88.8 cm³/mol. The smallest absolute Gasteiger partial charge is 0.311 e. The minimum Gasteiger partial charge on any atom is -0.481 e. The molecule has 1 saturated heterocycles. The molecule has 0 saturated carbocycles. The van der Waals surface area contributed by atoms with Crippen molar-refractivity contribution in [3.63, 3.8) is 0 Å². The SMILES string of the molecule is Cc1nc(-c2ncccn2)sc1C(=O)N1CCCC(C)(C(=O)O)C1. The summed E-state index contributed by atoms with van der Waals surface area (Å²) in [4.78, 5) is 39.2. The average Bonchev–Trinajstić information content (AvgIpc) is 2.97. The summed E-state index contributed by atoms with van der Waals surface area (Å²) in [5, 5.41) is 10.0. The second kappa shape index (κ2) is 6.27. The van der Waals surface area contributed by atoms with Gasteiger partial charge in [0.2, 0.25) is 0 Å². The Labute approximate surface area is 143 Å². The number of carboxylic acids is 1. The van der Waals surface area contributed by atoms with E-state index in [0.717, 1.165) is 0 Å². The zero-order valence-corrected chi connectivity index (χ0v) is 14.3. The van der Waals surface area contributed by atoms with Gasteiger partial charge in [0, 0.05) is 25.5 Å². The Morgan fingerprint density at radius 2 is 2.04 bits per heavy atom. The van der Waals surface area contributed by atoms with Crippen LogP contribution in [0.3, 0.4) is 0 Å². The fraction of sp³-hybridized carbons (Fsp3) is 0.438. The third-order valence-electron chi connectivity index (χ3n) is 4.25. The van der Waals surface area contributed by atoms with E-state index in [9.17, 15) is 14.7 Å². The van der Waals surface area contributed by atoms with Gasteiger partial charge in [-0.3, -0.25) is 9.59 Å². The summed E-state index contributed by atoms with van der Waals surface area (Å²) in [6.07, 6.45) is 4.52. The van der Waals surface area contributed by atoms with Crippen LogP contribution in [0.4, 0.5) is 0 Å². The van der Waals surface area contributed by atoms with Crippen molar-refractivity contribution in [2.45, 2.75) is 26.7 Å². The molecule has 3 rings (SSSR count). The van der Waals surface area contributed by atoms with E-state index in [-0.39, 0.29) is 12.5 Å². The van der Waals surface area contributed by atoms with Gasteiger partial charge in [0.25, 0.3) is 5.91 Å². The number of hydrogen-bond donors (Lipinski definition) is 1. The molecule has 3 heterocycles. The van der Waals surface area contributed by atoms with E-state index in [1.165, 1.54) is 11.3 Å². The van der Waals surface area contributed by atoms with Crippen LogP contribution in [0.1, 0.15) is 35.1 Å². The topological polar surface area (TPSA) is 96.3 Å². The lowest BCUT2D eigenvalue weighted by Gasteiger charge is -2.37. The number of aryl methyl sites for hydroxylation is 1. The van der Waals surface area contributed by atoms with Gasteiger partial charge in [-0.05, 0) is 32.8 Å². The van der Waals surface area contributed by atoms with Gasteiger partial charge in [-0.2, -0.15) is 0 Å². The highest BCUT2D eigenvalue weighted by molar-refractivity contribution is 7.17. The lowest BCUT2D eigenvalue weighted by molar-refractivity contribution is -0.150. The van der Waals surface area contributed by atoms with Crippen molar-refractivity contribution in [2.75, 3.05) is 13.1 Å². The molecule has 24 heavy (non-hydrogen) atoms. The summed E-state index contributed by atoms with van der Waals surface area (Å²) in [5.74, 6) is -0.544. The van der Waals surface area contributed by atoms with Crippen LogP contribution in [0.2, 0.25) is 0 Å². The number of rotatable bonds is 3. The zero-order chi connectivity index (χ0) is 17.3. The summed E-state index contributed by atoms with van der Waals surface area (Å²) in [6.45, 7) is 4.25. The number of carbonyl (C=O) groups excluding carboxylic acids is 1. The average molecular weight is 346 g/mol. The van der Waals surface area contributed by atoms with E-state index in [1.54, 1.807) is 37.2 Å². The van der Waals surface area contributed by atoms with Crippen LogP contribution in [0.15, 0.2) is 18.5 Å². The molecule has 1 N–H and O–H groups in total. The molecule has 1 atom stereocenters. The molecule has 1 aliphatic rings. The number of thiazole rings is 1. The first-order valence-corrected chi connectivity index (χ1v) is 8.50. The van der Waals surface area contributed by atoms with E-state index in [4.69, 9.17) is 0 Å². The molecule has 2 aromatic heterocycles. The standard InChI is InChI=1S/C16H18N4O3S/c1-10-11(24-13(19-10)12-17-6-4-7-18-12)14(21)20-8-3-5-16(2,9-20)15(22)23/h4,6-7H,3,5,8-9H2,1-2H3,(H,22,23). The van der Waals surface area contributed by atoms with Crippen molar-refractivity contribution in [1.82, 2.24) is 19.9 Å². The summed E-state index contributed by atoms with van der Waals surface area (Å²) < 4.78 is 0. The van der Waals surface area contributed by atoms with Gasteiger partial charge in [0.15, 0.2) is 10.8 Å². The number of carboxylic acid groups (broad SMARTS) is 1. The highest BCUT2D eigenvalue weighted by atomic mass is 32.1. The fourth-order valence-corrected chi connectivity index (χ4v) is 3.81. The van der Waals surface area contributed by atoms with Crippen molar-refractivity contribution in [3.8, 4) is 10.8 Å². The fourth-order valence-electron chi connectivity index (χ4n) is 2.83. The van der Waals surface area contributed by atoms with Crippen molar-refractivity contribution in [1.29, 1.82) is 0 Å². The third-order valence-corrected chi connectivity index (χ3v) is 5.39. The minimum atomic E-state index is -0.891. The number of amides is 1. The van der Waals surface area contributed by atoms with Gasteiger partial charge in [0.1, 0.15) is 4.88 Å². The van der Waals surface area contributed by atoms with Crippen LogP contribution in [-0.4, -0.2) is 49.9 Å². The zero-order valence-electron chi connectivity index (χ0n) is 13.5. The van der Waals surface area contributed by atoms with Gasteiger partial charge in [-0.15, -0.1) is 11.3 Å². The quantitative estimate of drug-likeness (QED) is 0.915. The predicted octanol–water partition coefficient (Wildman–Crippen LogP) is 2.24. The number of carbonyl (C=O) groups is 2. The van der Waals surface area contributed by atoms with Gasteiger partial charge in [0.05, 0.1) is 11.1 Å². The van der Waals surface area contributed by atoms with Crippen molar-refractivity contribution in [2.24, 2.45) is 5.41 Å². The molecule has 0 radical (unpaired) electrons. The molecule has 1 fully saturated rings. The van der Waals surface area contributed by atoms with Crippen LogP contribution in [0, 0.1) is 12.3 Å². The summed E-state index contributed by atoms with van der Waals surface area (Å²) in [5.41, 5.74) is -0.271. The molecule has 0 bridgehead atoms. The Bertz CT molecular complexity index is 777. The molecule has 1 amide bonds. The second-order valence-electron chi connectivity index (χ2n) is 6.20. The first-order valence-electron chi connectivity index (χ1n) is 7.68. The molecular weight excluding hydrogens is 328 g/mol. The first kappa shape index (κ1) is 16.5. The molecule has 1 unspecified atom stereocenters. The van der Waals surface area contributed by atoms with Gasteiger partial charge >= 0.3 is 5.97 Å². The molecule has 1 aliphatic heterocycles. The Kier molecular flexibility index (Phi) is 4.31. The van der Waals surface area contributed by atoms with E-state index >= 15 is 0 Å². The van der Waals surface area contributed by atoms with Crippen LogP contribution in [-0.2, 0) is 4.79 Å². The highest BCUT2D eigenvalue weighted by Crippen LogP contribution is 2.32. The number of hydrogen-bond acceptors (Lipinski definition) is 6. The van der Waals surface area contributed by atoms with Crippen molar-refractivity contribution in [3.05, 3.63) is 29.0 Å².